The van der Waals surface area contributed by atoms with Crippen LogP contribution in [0.1, 0.15) is 16.1 Å². The Morgan fingerprint density at radius 1 is 1.08 bits per heavy atom. The Kier molecular flexibility index (Phi) is 3.84. The number of aromatic nitrogens is 1. The molecule has 118 valence electrons. The van der Waals surface area contributed by atoms with Crippen molar-refractivity contribution in [2.75, 3.05) is 0 Å². The number of hydrogen-bond donors (Lipinski definition) is 1. The summed E-state index contributed by atoms with van der Waals surface area (Å²) in [4.78, 5) is 12.3. The van der Waals surface area contributed by atoms with Gasteiger partial charge in [-0.15, -0.1) is 11.3 Å². The van der Waals surface area contributed by atoms with Crippen molar-refractivity contribution in [2.24, 2.45) is 0 Å². The van der Waals surface area contributed by atoms with E-state index in [-0.39, 0.29) is 11.7 Å². The van der Waals surface area contributed by atoms with Gasteiger partial charge in [-0.3, -0.25) is 4.79 Å². The maximum absolute atomic E-state index is 12.3. The molecule has 4 rings (SSSR count). The van der Waals surface area contributed by atoms with E-state index in [1.807, 2.05) is 42.5 Å². The predicted molar refractivity (Wildman–Crippen MR) is 94.9 cm³/mol. The van der Waals surface area contributed by atoms with E-state index in [0.717, 1.165) is 11.1 Å². The number of rotatable bonds is 4. The van der Waals surface area contributed by atoms with Crippen molar-refractivity contribution in [2.45, 2.75) is 6.54 Å². The maximum atomic E-state index is 12.3. The molecule has 5 heteroatoms. The molecule has 0 atom stereocenters. The van der Waals surface area contributed by atoms with Crippen LogP contribution in [0.2, 0.25) is 0 Å². The van der Waals surface area contributed by atoms with Gasteiger partial charge in [-0.05, 0) is 22.4 Å². The van der Waals surface area contributed by atoms with Crippen LogP contribution in [0, 0.1) is 0 Å². The van der Waals surface area contributed by atoms with Gasteiger partial charge in [0.1, 0.15) is 5.69 Å². The molecule has 2 aromatic heterocycles. The molecule has 0 fully saturated rings. The minimum Gasteiger partial charge on any atom is -0.350 e. The predicted octanol–water partition coefficient (Wildman–Crippen LogP) is 4.49. The molecule has 24 heavy (non-hydrogen) atoms. The minimum atomic E-state index is -0.264. The second kappa shape index (κ2) is 6.29. The molecule has 0 radical (unpaired) electrons. The number of nitrogens with one attached hydrogen (secondary N) is 1. The van der Waals surface area contributed by atoms with Crippen molar-refractivity contribution >= 4 is 27.3 Å². The summed E-state index contributed by atoms with van der Waals surface area (Å²) in [6.45, 7) is 0.463. The van der Waals surface area contributed by atoms with E-state index in [1.54, 1.807) is 17.4 Å². The van der Waals surface area contributed by atoms with Crippen LogP contribution in [-0.4, -0.2) is 11.1 Å². The Morgan fingerprint density at radius 3 is 2.75 bits per heavy atom. The topological polar surface area (TPSA) is 55.1 Å². The summed E-state index contributed by atoms with van der Waals surface area (Å²) >= 11 is 1.68. The first-order chi connectivity index (χ1) is 11.8. The van der Waals surface area contributed by atoms with Gasteiger partial charge in [-0.1, -0.05) is 53.7 Å². The van der Waals surface area contributed by atoms with Crippen LogP contribution >= 0.6 is 11.3 Å². The van der Waals surface area contributed by atoms with Crippen LogP contribution in [0.3, 0.4) is 0 Å². The third kappa shape index (κ3) is 2.81. The first-order valence-corrected chi connectivity index (χ1v) is 8.45. The normalized spacial score (nSPS) is 10.8. The van der Waals surface area contributed by atoms with E-state index in [2.05, 4.69) is 28.0 Å². The third-order valence-electron chi connectivity index (χ3n) is 3.80. The standard InChI is InChI=1S/C19H14N2O2S/c22-19(17-10-16(21-23-17)13-6-2-1-3-7-13)20-11-14-12-24-18-9-5-4-8-15(14)18/h1-10,12H,11H2,(H,20,22). The monoisotopic (exact) mass is 334 g/mol. The lowest BCUT2D eigenvalue weighted by molar-refractivity contribution is 0.0914. The van der Waals surface area contributed by atoms with Crippen molar-refractivity contribution in [3.05, 3.63) is 77.4 Å². The molecule has 0 saturated carbocycles. The van der Waals surface area contributed by atoms with Crippen molar-refractivity contribution in [1.29, 1.82) is 0 Å². The van der Waals surface area contributed by atoms with E-state index in [0.29, 0.717) is 12.2 Å². The number of amides is 1. The fourth-order valence-electron chi connectivity index (χ4n) is 2.56. The minimum absolute atomic E-state index is 0.216. The summed E-state index contributed by atoms with van der Waals surface area (Å²) in [7, 11) is 0. The second-order valence-electron chi connectivity index (χ2n) is 5.38. The Bertz CT molecular complexity index is 989. The van der Waals surface area contributed by atoms with Crippen molar-refractivity contribution in [1.82, 2.24) is 10.5 Å². The summed E-state index contributed by atoms with van der Waals surface area (Å²) in [5.74, 6) is -0.0478. The molecule has 0 aliphatic carbocycles. The van der Waals surface area contributed by atoms with Crippen LogP contribution in [0.4, 0.5) is 0 Å². The molecular formula is C19H14N2O2S. The molecule has 2 aromatic carbocycles. The summed E-state index contributed by atoms with van der Waals surface area (Å²) in [6.07, 6.45) is 0. The van der Waals surface area contributed by atoms with E-state index in [9.17, 15) is 4.79 Å². The number of carbonyl (C=O) groups excluding carboxylic acids is 1. The fraction of sp³-hybridized carbons (Fsp3) is 0.0526. The highest BCUT2D eigenvalue weighted by atomic mass is 32.1. The number of fused-ring (bicyclic) bond motifs is 1. The molecule has 1 amide bonds. The Morgan fingerprint density at radius 2 is 1.88 bits per heavy atom. The van der Waals surface area contributed by atoms with E-state index < -0.39 is 0 Å². The lowest BCUT2D eigenvalue weighted by Crippen LogP contribution is -2.22. The van der Waals surface area contributed by atoms with Crippen molar-refractivity contribution in [3.63, 3.8) is 0 Å². The number of hydrogen-bond acceptors (Lipinski definition) is 4. The molecule has 4 nitrogen and oxygen atoms in total. The summed E-state index contributed by atoms with van der Waals surface area (Å²) in [5, 5.41) is 10.1. The van der Waals surface area contributed by atoms with E-state index in [4.69, 9.17) is 4.52 Å². The number of nitrogens with zero attached hydrogens (tertiary/aromatic N) is 1. The molecule has 4 aromatic rings. The van der Waals surface area contributed by atoms with Crippen molar-refractivity contribution in [3.8, 4) is 11.3 Å². The van der Waals surface area contributed by atoms with Gasteiger partial charge in [0.05, 0.1) is 0 Å². The zero-order valence-corrected chi connectivity index (χ0v) is 13.5. The molecule has 0 bridgehead atoms. The highest BCUT2D eigenvalue weighted by Crippen LogP contribution is 2.25. The average molecular weight is 334 g/mol. The Balaban J connectivity index is 1.48. The highest BCUT2D eigenvalue weighted by Gasteiger charge is 2.14. The van der Waals surface area contributed by atoms with Crippen molar-refractivity contribution < 1.29 is 9.32 Å². The fourth-order valence-corrected chi connectivity index (χ4v) is 3.52. The molecular weight excluding hydrogens is 320 g/mol. The van der Waals surface area contributed by atoms with Gasteiger partial charge in [-0.25, -0.2) is 0 Å². The number of thiophene rings is 1. The second-order valence-corrected chi connectivity index (χ2v) is 6.29. The maximum Gasteiger partial charge on any atom is 0.290 e. The van der Waals surface area contributed by atoms with Crippen LogP contribution in [-0.2, 0) is 6.54 Å². The molecule has 0 unspecified atom stereocenters. The van der Waals surface area contributed by atoms with Crippen LogP contribution in [0.5, 0.6) is 0 Å². The van der Waals surface area contributed by atoms with Gasteiger partial charge in [0, 0.05) is 22.9 Å². The zero-order chi connectivity index (χ0) is 16.4. The lowest BCUT2D eigenvalue weighted by atomic mass is 10.1. The SMILES string of the molecule is O=C(NCc1csc2ccccc12)c1cc(-c2ccccc2)no1. The molecule has 1 N–H and O–H groups in total. The third-order valence-corrected chi connectivity index (χ3v) is 4.82. The lowest BCUT2D eigenvalue weighted by Gasteiger charge is -2.01. The molecule has 0 aliphatic rings. The molecule has 0 spiro atoms. The first-order valence-electron chi connectivity index (χ1n) is 7.57. The smallest absolute Gasteiger partial charge is 0.290 e. The first kappa shape index (κ1) is 14.7. The van der Waals surface area contributed by atoms with Gasteiger partial charge < -0.3 is 9.84 Å². The molecule has 0 saturated heterocycles. The largest absolute Gasteiger partial charge is 0.350 e. The van der Waals surface area contributed by atoms with Gasteiger partial charge in [0.15, 0.2) is 0 Å². The van der Waals surface area contributed by atoms with E-state index >= 15 is 0 Å². The number of benzene rings is 2. The quantitative estimate of drug-likeness (QED) is 0.598. The van der Waals surface area contributed by atoms with Gasteiger partial charge in [0.2, 0.25) is 5.76 Å². The van der Waals surface area contributed by atoms with Gasteiger partial charge in [-0.2, -0.15) is 0 Å². The van der Waals surface area contributed by atoms with Gasteiger partial charge in [0.25, 0.3) is 5.91 Å². The summed E-state index contributed by atoms with van der Waals surface area (Å²) in [5.41, 5.74) is 2.68. The number of carbonyl (C=O) groups is 1. The Hall–Kier alpha value is -2.92. The molecule has 2 heterocycles. The Labute approximate surface area is 142 Å². The summed E-state index contributed by atoms with van der Waals surface area (Å²) in [6, 6.07) is 19.5. The summed E-state index contributed by atoms with van der Waals surface area (Å²) < 4.78 is 6.39. The van der Waals surface area contributed by atoms with Gasteiger partial charge >= 0.3 is 0 Å². The highest BCUT2D eigenvalue weighted by molar-refractivity contribution is 7.17. The zero-order valence-electron chi connectivity index (χ0n) is 12.7. The molecule has 0 aliphatic heterocycles. The van der Waals surface area contributed by atoms with E-state index in [1.165, 1.54) is 10.1 Å². The van der Waals surface area contributed by atoms with Crippen LogP contribution < -0.4 is 5.32 Å². The average Bonchev–Trinajstić information content (AvgIpc) is 3.28. The van der Waals surface area contributed by atoms with Crippen LogP contribution in [0.15, 0.2) is 70.6 Å². The van der Waals surface area contributed by atoms with Crippen LogP contribution in [0.25, 0.3) is 21.3 Å².